The molecule has 1 atom stereocenters. The Kier molecular flexibility index (Phi) is 26.9. The van der Waals surface area contributed by atoms with Crippen molar-refractivity contribution in [3.05, 3.63) is 6.92 Å². The second-order valence-corrected chi connectivity index (χ2v) is 8.54. The molecule has 0 aromatic rings. The molecule has 0 aliphatic rings. The molecule has 30 heavy (non-hydrogen) atoms. The van der Waals surface area contributed by atoms with Crippen LogP contribution >= 0.6 is 0 Å². The van der Waals surface area contributed by atoms with Crippen molar-refractivity contribution >= 4 is 22.1 Å². The molecular formula is C20H39NaO8S. The first kappa shape index (κ1) is 34.4. The smallest absolute Gasteiger partial charge is 0.481 e. The molecule has 0 aliphatic heterocycles. The van der Waals surface area contributed by atoms with Crippen molar-refractivity contribution in [3.63, 3.8) is 0 Å². The number of carboxylic acids is 2. The van der Waals surface area contributed by atoms with Gasteiger partial charge in [-0.2, -0.15) is 8.42 Å². The molecule has 0 saturated heterocycles. The SMILES string of the molecule is O=C(O)CC(C(=O)O)S(=O)(=O)O.[CH2-]COCCCCCCCCCCCCCC.[Na+]. The molecular weight excluding hydrogens is 423 g/mol. The van der Waals surface area contributed by atoms with Gasteiger partial charge in [0, 0.05) is 6.61 Å². The van der Waals surface area contributed by atoms with Crippen LogP contribution in [0.15, 0.2) is 0 Å². The van der Waals surface area contributed by atoms with Crippen molar-refractivity contribution < 1.29 is 67.1 Å². The fraction of sp³-hybridized carbons (Fsp3) is 0.850. The number of hydrogen-bond donors (Lipinski definition) is 3. The van der Waals surface area contributed by atoms with Crippen LogP contribution in [-0.2, 0) is 24.4 Å². The molecule has 0 aromatic carbocycles. The Morgan fingerprint density at radius 2 is 1.27 bits per heavy atom. The molecule has 8 nitrogen and oxygen atoms in total. The van der Waals surface area contributed by atoms with Gasteiger partial charge in [0.05, 0.1) is 6.42 Å². The van der Waals surface area contributed by atoms with Crippen LogP contribution in [0.3, 0.4) is 0 Å². The summed E-state index contributed by atoms with van der Waals surface area (Å²) >= 11 is 0. The molecule has 0 spiro atoms. The standard InChI is InChI=1S/C16H33O.C4H6O7S.Na/c1-3-5-6-7-8-9-10-11-12-13-14-15-16-17-4-2;5-3(6)1-2(4(7)8)12(9,10)11;/h2-16H2,1H3;2H,1H2,(H,5,6)(H,7,8)(H,9,10,11);/q-1;;+1. The van der Waals surface area contributed by atoms with Gasteiger partial charge in [-0.15, -0.1) is 0 Å². The first-order valence-electron chi connectivity index (χ1n) is 10.4. The van der Waals surface area contributed by atoms with E-state index in [1.165, 1.54) is 77.0 Å². The molecule has 0 heterocycles. The maximum atomic E-state index is 10.2. The van der Waals surface area contributed by atoms with E-state index < -0.39 is 33.7 Å². The van der Waals surface area contributed by atoms with E-state index in [1.54, 1.807) is 0 Å². The van der Waals surface area contributed by atoms with Crippen LogP contribution in [-0.4, -0.2) is 53.6 Å². The van der Waals surface area contributed by atoms with Gasteiger partial charge in [0.15, 0.2) is 5.25 Å². The van der Waals surface area contributed by atoms with Crippen LogP contribution in [0, 0.1) is 6.92 Å². The van der Waals surface area contributed by atoms with Gasteiger partial charge in [0.2, 0.25) is 0 Å². The van der Waals surface area contributed by atoms with Crippen LogP contribution in [0.5, 0.6) is 0 Å². The summed E-state index contributed by atoms with van der Waals surface area (Å²) < 4.78 is 33.9. The van der Waals surface area contributed by atoms with Gasteiger partial charge in [-0.25, -0.2) is 0 Å². The summed E-state index contributed by atoms with van der Waals surface area (Å²) in [7, 11) is -4.84. The fourth-order valence-electron chi connectivity index (χ4n) is 2.63. The fourth-order valence-corrected chi connectivity index (χ4v) is 3.23. The van der Waals surface area contributed by atoms with Gasteiger partial charge in [-0.3, -0.25) is 14.1 Å². The van der Waals surface area contributed by atoms with Crippen molar-refractivity contribution in [2.75, 3.05) is 13.2 Å². The summed E-state index contributed by atoms with van der Waals surface area (Å²) in [5.41, 5.74) is 0. The molecule has 0 amide bonds. The van der Waals surface area contributed by atoms with E-state index in [2.05, 4.69) is 13.8 Å². The second kappa shape index (κ2) is 23.5. The monoisotopic (exact) mass is 462 g/mol. The Balaban J connectivity index is -0.000000497. The summed E-state index contributed by atoms with van der Waals surface area (Å²) in [6.07, 6.45) is 15.7. The van der Waals surface area contributed by atoms with Crippen LogP contribution in [0.1, 0.15) is 90.4 Å². The summed E-state index contributed by atoms with van der Waals surface area (Å²) in [5.74, 6) is -3.50. The van der Waals surface area contributed by atoms with E-state index in [1.807, 2.05) is 0 Å². The average Bonchev–Trinajstić information content (AvgIpc) is 2.63. The Hall–Kier alpha value is -0.190. The van der Waals surface area contributed by atoms with E-state index in [0.29, 0.717) is 6.61 Å². The first-order valence-corrected chi connectivity index (χ1v) is 11.9. The van der Waals surface area contributed by atoms with Gasteiger partial charge in [0.1, 0.15) is 0 Å². The van der Waals surface area contributed by atoms with Crippen LogP contribution in [0.4, 0.5) is 0 Å². The molecule has 0 bridgehead atoms. The third-order valence-corrected chi connectivity index (χ3v) is 5.37. The van der Waals surface area contributed by atoms with E-state index in [-0.39, 0.29) is 29.6 Å². The third-order valence-electron chi connectivity index (χ3n) is 4.28. The minimum atomic E-state index is -4.84. The van der Waals surface area contributed by atoms with Crippen LogP contribution < -0.4 is 29.6 Å². The molecule has 1 unspecified atom stereocenters. The van der Waals surface area contributed by atoms with Crippen LogP contribution in [0.2, 0.25) is 0 Å². The summed E-state index contributed by atoms with van der Waals surface area (Å²) in [4.78, 5) is 20.0. The van der Waals surface area contributed by atoms with Gasteiger partial charge < -0.3 is 21.9 Å². The summed E-state index contributed by atoms with van der Waals surface area (Å²) in [5, 5.41) is 13.9. The van der Waals surface area contributed by atoms with Crippen molar-refractivity contribution in [1.82, 2.24) is 0 Å². The van der Waals surface area contributed by atoms with Crippen molar-refractivity contribution in [1.29, 1.82) is 0 Å². The molecule has 0 aliphatic carbocycles. The van der Waals surface area contributed by atoms with Gasteiger partial charge >= 0.3 is 41.5 Å². The van der Waals surface area contributed by atoms with Crippen molar-refractivity contribution in [2.24, 2.45) is 0 Å². The van der Waals surface area contributed by atoms with Crippen molar-refractivity contribution in [2.45, 2.75) is 95.6 Å². The Morgan fingerprint density at radius 3 is 1.53 bits per heavy atom. The molecule has 174 valence electrons. The van der Waals surface area contributed by atoms with E-state index in [0.717, 1.165) is 6.61 Å². The topological polar surface area (TPSA) is 138 Å². The summed E-state index contributed by atoms with van der Waals surface area (Å²) in [6.45, 7) is 7.46. The zero-order valence-electron chi connectivity index (χ0n) is 18.7. The Bertz CT molecular complexity index is 497. The normalized spacial score (nSPS) is 11.7. The molecule has 0 radical (unpaired) electrons. The molecule has 0 aromatic heterocycles. The maximum absolute atomic E-state index is 10.2. The molecule has 0 fully saturated rings. The largest absolute Gasteiger partial charge is 1.00 e. The minimum Gasteiger partial charge on any atom is -0.481 e. The number of aliphatic carboxylic acids is 2. The Morgan fingerprint density at radius 1 is 0.867 bits per heavy atom. The van der Waals surface area contributed by atoms with E-state index in [9.17, 15) is 18.0 Å². The number of unbranched alkanes of at least 4 members (excludes halogenated alkanes) is 11. The number of carboxylic acid groups (broad SMARTS) is 2. The molecule has 0 rings (SSSR count). The number of rotatable bonds is 18. The zero-order chi connectivity index (χ0) is 22.5. The van der Waals surface area contributed by atoms with Gasteiger partial charge in [-0.05, 0) is 6.42 Å². The maximum Gasteiger partial charge on any atom is 1.00 e. The summed E-state index contributed by atoms with van der Waals surface area (Å²) in [6, 6.07) is 0. The predicted octanol–water partition coefficient (Wildman–Crippen LogP) is 1.34. The van der Waals surface area contributed by atoms with Gasteiger partial charge in [-0.1, -0.05) is 84.2 Å². The van der Waals surface area contributed by atoms with E-state index >= 15 is 0 Å². The number of hydrogen-bond acceptors (Lipinski definition) is 5. The quantitative estimate of drug-likeness (QED) is 0.120. The first-order chi connectivity index (χ1) is 13.7. The second-order valence-electron chi connectivity index (χ2n) is 6.94. The number of ether oxygens (including phenoxy) is 1. The molecule has 10 heteroatoms. The van der Waals surface area contributed by atoms with E-state index in [4.69, 9.17) is 19.5 Å². The van der Waals surface area contributed by atoms with Crippen LogP contribution in [0.25, 0.3) is 0 Å². The average molecular weight is 463 g/mol. The Labute approximate surface area is 204 Å². The minimum absolute atomic E-state index is 0. The predicted molar refractivity (Wildman–Crippen MR) is 112 cm³/mol. The van der Waals surface area contributed by atoms with Crippen molar-refractivity contribution in [3.8, 4) is 0 Å². The zero-order valence-corrected chi connectivity index (χ0v) is 21.5. The third kappa shape index (κ3) is 25.8. The molecule has 3 N–H and O–H groups in total. The van der Waals surface area contributed by atoms with Gasteiger partial charge in [0.25, 0.3) is 10.1 Å². The number of carbonyl (C=O) groups is 2. The molecule has 0 saturated carbocycles.